The van der Waals surface area contributed by atoms with Crippen LogP contribution < -0.4 is 0 Å². The standard InChI is InChI=1S/C12H18N4O3/c1-8-7-19-5-4-16(8)9(2)14-10-6-13-15-11(10)12(17)18-3/h6,8H,4-5,7H2,1-3H3,(H,13,15). The van der Waals surface area contributed by atoms with Crippen molar-refractivity contribution in [3.63, 3.8) is 0 Å². The van der Waals surface area contributed by atoms with E-state index in [9.17, 15) is 4.79 Å². The smallest absolute Gasteiger partial charge is 0.358 e. The van der Waals surface area contributed by atoms with Gasteiger partial charge < -0.3 is 14.4 Å². The zero-order chi connectivity index (χ0) is 13.8. The van der Waals surface area contributed by atoms with Gasteiger partial charge in [0.15, 0.2) is 5.69 Å². The number of carbonyl (C=O) groups excluding carboxylic acids is 1. The molecule has 1 aromatic rings. The van der Waals surface area contributed by atoms with Gasteiger partial charge in [0.05, 0.1) is 32.6 Å². The van der Waals surface area contributed by atoms with Crippen molar-refractivity contribution < 1.29 is 14.3 Å². The second-order valence-corrected chi connectivity index (χ2v) is 4.40. The second kappa shape index (κ2) is 5.83. The lowest BCUT2D eigenvalue weighted by Gasteiger charge is -2.34. The van der Waals surface area contributed by atoms with Crippen molar-refractivity contribution in [2.45, 2.75) is 19.9 Å². The van der Waals surface area contributed by atoms with Gasteiger partial charge in [-0.2, -0.15) is 5.10 Å². The molecule has 19 heavy (non-hydrogen) atoms. The Morgan fingerprint density at radius 2 is 2.47 bits per heavy atom. The summed E-state index contributed by atoms with van der Waals surface area (Å²) in [5.74, 6) is 0.362. The number of morpholine rings is 1. The monoisotopic (exact) mass is 266 g/mol. The molecule has 7 heteroatoms. The Bertz CT molecular complexity index is 483. The molecule has 1 fully saturated rings. The van der Waals surface area contributed by atoms with E-state index in [0.29, 0.717) is 18.9 Å². The number of H-pyrrole nitrogens is 1. The summed E-state index contributed by atoms with van der Waals surface area (Å²) in [6.45, 7) is 6.15. The van der Waals surface area contributed by atoms with E-state index >= 15 is 0 Å². The van der Waals surface area contributed by atoms with Gasteiger partial charge >= 0.3 is 5.97 Å². The van der Waals surface area contributed by atoms with Crippen molar-refractivity contribution in [1.82, 2.24) is 15.1 Å². The molecule has 0 spiro atoms. The van der Waals surface area contributed by atoms with Gasteiger partial charge in [0.1, 0.15) is 11.5 Å². The molecule has 7 nitrogen and oxygen atoms in total. The fraction of sp³-hybridized carbons (Fsp3) is 0.583. The van der Waals surface area contributed by atoms with Crippen molar-refractivity contribution in [1.29, 1.82) is 0 Å². The first-order valence-corrected chi connectivity index (χ1v) is 6.15. The number of esters is 1. The van der Waals surface area contributed by atoms with Crippen LogP contribution in [-0.4, -0.2) is 59.8 Å². The van der Waals surface area contributed by atoms with Gasteiger partial charge in [-0.15, -0.1) is 0 Å². The second-order valence-electron chi connectivity index (χ2n) is 4.40. The Morgan fingerprint density at radius 1 is 1.68 bits per heavy atom. The summed E-state index contributed by atoms with van der Waals surface area (Å²) in [7, 11) is 1.33. The van der Waals surface area contributed by atoms with Crippen LogP contribution in [0.5, 0.6) is 0 Å². The number of hydrogen-bond acceptors (Lipinski definition) is 5. The minimum absolute atomic E-state index is 0.266. The molecule has 1 atom stereocenters. The molecule has 104 valence electrons. The SMILES string of the molecule is COC(=O)c1[nH]ncc1N=C(C)N1CCOCC1C. The molecule has 1 aliphatic rings. The van der Waals surface area contributed by atoms with Crippen LogP contribution in [0.25, 0.3) is 0 Å². The van der Waals surface area contributed by atoms with E-state index in [1.54, 1.807) is 0 Å². The molecule has 0 aromatic carbocycles. The summed E-state index contributed by atoms with van der Waals surface area (Å²) in [6.07, 6.45) is 1.51. The van der Waals surface area contributed by atoms with E-state index in [0.717, 1.165) is 12.4 Å². The Labute approximate surface area is 111 Å². The molecular weight excluding hydrogens is 248 g/mol. The lowest BCUT2D eigenvalue weighted by atomic mass is 10.2. The topological polar surface area (TPSA) is 79.8 Å². The normalized spacial score (nSPS) is 20.5. The summed E-state index contributed by atoms with van der Waals surface area (Å²) in [6, 6.07) is 0.269. The van der Waals surface area contributed by atoms with Crippen molar-refractivity contribution in [3.05, 3.63) is 11.9 Å². The summed E-state index contributed by atoms with van der Waals surface area (Å²) < 4.78 is 10.1. The Balaban J connectivity index is 2.20. The maximum atomic E-state index is 11.5. The number of aromatic amines is 1. The third-order valence-electron chi connectivity index (χ3n) is 3.07. The van der Waals surface area contributed by atoms with Crippen LogP contribution in [0, 0.1) is 0 Å². The molecule has 1 aromatic heterocycles. The molecule has 0 saturated carbocycles. The van der Waals surface area contributed by atoms with Gasteiger partial charge in [0, 0.05) is 6.54 Å². The average Bonchev–Trinajstić information content (AvgIpc) is 2.86. The highest BCUT2D eigenvalue weighted by molar-refractivity contribution is 5.94. The van der Waals surface area contributed by atoms with Gasteiger partial charge in [-0.25, -0.2) is 9.79 Å². The van der Waals surface area contributed by atoms with Gasteiger partial charge in [-0.3, -0.25) is 5.10 Å². The fourth-order valence-electron chi connectivity index (χ4n) is 2.06. The van der Waals surface area contributed by atoms with Crippen LogP contribution in [0.15, 0.2) is 11.2 Å². The molecule has 2 rings (SSSR count). The van der Waals surface area contributed by atoms with Crippen molar-refractivity contribution in [2.75, 3.05) is 26.9 Å². The first-order chi connectivity index (χ1) is 9.13. The molecule has 1 N–H and O–H groups in total. The number of nitrogens with one attached hydrogen (secondary N) is 1. The van der Waals surface area contributed by atoms with E-state index in [2.05, 4.69) is 31.8 Å². The molecule has 0 bridgehead atoms. The predicted octanol–water partition coefficient (Wildman–Crippen LogP) is 0.967. The zero-order valence-electron chi connectivity index (χ0n) is 11.3. The molecule has 0 radical (unpaired) electrons. The largest absolute Gasteiger partial charge is 0.464 e. The van der Waals surface area contributed by atoms with Crippen LogP contribution in [0.3, 0.4) is 0 Å². The maximum absolute atomic E-state index is 11.5. The average molecular weight is 266 g/mol. The van der Waals surface area contributed by atoms with Gasteiger partial charge in [0.2, 0.25) is 0 Å². The summed E-state index contributed by atoms with van der Waals surface area (Å²) in [5, 5.41) is 6.43. The molecule has 2 heterocycles. The first kappa shape index (κ1) is 13.5. The third kappa shape index (κ3) is 2.93. The number of aromatic nitrogens is 2. The van der Waals surface area contributed by atoms with Crippen LogP contribution in [0.4, 0.5) is 5.69 Å². The highest BCUT2D eigenvalue weighted by Gasteiger charge is 2.21. The maximum Gasteiger partial charge on any atom is 0.358 e. The van der Waals surface area contributed by atoms with E-state index < -0.39 is 5.97 Å². The number of nitrogens with zero attached hydrogens (tertiary/aromatic N) is 3. The van der Waals surface area contributed by atoms with E-state index in [4.69, 9.17) is 4.74 Å². The number of hydrogen-bond donors (Lipinski definition) is 1. The van der Waals surface area contributed by atoms with E-state index in [-0.39, 0.29) is 11.7 Å². The lowest BCUT2D eigenvalue weighted by Crippen LogP contribution is -2.46. The van der Waals surface area contributed by atoms with Crippen molar-refractivity contribution >= 4 is 17.5 Å². The van der Waals surface area contributed by atoms with Crippen molar-refractivity contribution in [3.8, 4) is 0 Å². The van der Waals surface area contributed by atoms with Gasteiger partial charge in [-0.1, -0.05) is 0 Å². The molecule has 1 unspecified atom stereocenters. The molecule has 0 aliphatic carbocycles. The molecule has 0 amide bonds. The van der Waals surface area contributed by atoms with Crippen LogP contribution in [0.1, 0.15) is 24.3 Å². The quantitative estimate of drug-likeness (QED) is 0.490. The summed E-state index contributed by atoms with van der Waals surface area (Å²) in [4.78, 5) is 18.1. The number of methoxy groups -OCH3 is 1. The highest BCUT2D eigenvalue weighted by atomic mass is 16.5. The van der Waals surface area contributed by atoms with Crippen LogP contribution in [-0.2, 0) is 9.47 Å². The lowest BCUT2D eigenvalue weighted by molar-refractivity contribution is 0.0330. The van der Waals surface area contributed by atoms with Crippen molar-refractivity contribution in [2.24, 2.45) is 4.99 Å². The van der Waals surface area contributed by atoms with E-state index in [1.807, 2.05) is 6.92 Å². The van der Waals surface area contributed by atoms with Crippen LogP contribution in [0.2, 0.25) is 0 Å². The highest BCUT2D eigenvalue weighted by Crippen LogP contribution is 2.18. The summed E-state index contributed by atoms with van der Waals surface area (Å²) in [5.41, 5.74) is 0.755. The molecule has 1 saturated heterocycles. The predicted molar refractivity (Wildman–Crippen MR) is 69.7 cm³/mol. The third-order valence-corrected chi connectivity index (χ3v) is 3.07. The Hall–Kier alpha value is -1.89. The first-order valence-electron chi connectivity index (χ1n) is 6.15. The Morgan fingerprint density at radius 3 is 3.16 bits per heavy atom. The number of amidine groups is 1. The number of ether oxygens (including phenoxy) is 2. The number of rotatable bonds is 2. The zero-order valence-corrected chi connectivity index (χ0v) is 11.3. The fourth-order valence-corrected chi connectivity index (χ4v) is 2.06. The molecule has 1 aliphatic heterocycles. The van der Waals surface area contributed by atoms with Crippen LogP contribution >= 0.6 is 0 Å². The number of carbonyl (C=O) groups is 1. The Kier molecular flexibility index (Phi) is 4.16. The molecular formula is C12H18N4O3. The minimum Gasteiger partial charge on any atom is -0.464 e. The van der Waals surface area contributed by atoms with Gasteiger partial charge in [-0.05, 0) is 13.8 Å². The van der Waals surface area contributed by atoms with Gasteiger partial charge in [0.25, 0.3) is 0 Å². The van der Waals surface area contributed by atoms with E-state index in [1.165, 1.54) is 13.3 Å². The minimum atomic E-state index is -0.473. The number of aliphatic imine (C=N–C) groups is 1. The summed E-state index contributed by atoms with van der Waals surface area (Å²) >= 11 is 0.